The quantitative estimate of drug-likeness (QED) is 0.743. The number of benzene rings is 1. The maximum absolute atomic E-state index is 13.0. The van der Waals surface area contributed by atoms with Gasteiger partial charge in [-0.05, 0) is 62.4 Å². The molecule has 0 radical (unpaired) electrons. The second-order valence-electron chi connectivity index (χ2n) is 6.40. The fourth-order valence-electron chi connectivity index (χ4n) is 3.23. The van der Waals surface area contributed by atoms with Gasteiger partial charge in [-0.1, -0.05) is 16.8 Å². The van der Waals surface area contributed by atoms with E-state index < -0.39 is 6.04 Å². The third-order valence-corrected chi connectivity index (χ3v) is 6.09. The van der Waals surface area contributed by atoms with Gasteiger partial charge in [0.15, 0.2) is 4.83 Å². The van der Waals surface area contributed by atoms with Gasteiger partial charge < -0.3 is 5.32 Å². The van der Waals surface area contributed by atoms with Crippen LogP contribution in [0.3, 0.4) is 0 Å². The van der Waals surface area contributed by atoms with Crippen LogP contribution < -0.4 is 10.9 Å². The Hall–Kier alpha value is -2.25. The number of carbonyl (C=O) groups is 1. The van der Waals surface area contributed by atoms with E-state index in [4.69, 9.17) is 11.6 Å². The van der Waals surface area contributed by atoms with Crippen molar-refractivity contribution in [2.24, 2.45) is 0 Å². The summed E-state index contributed by atoms with van der Waals surface area (Å²) in [4.78, 5) is 27.4. The minimum Gasteiger partial charge on any atom is -0.324 e. The highest BCUT2D eigenvalue weighted by molar-refractivity contribution is 7.18. The van der Waals surface area contributed by atoms with Crippen LogP contribution in [0.1, 0.15) is 36.2 Å². The second-order valence-corrected chi connectivity index (χ2v) is 7.92. The molecular weight excluding hydrogens is 372 g/mol. The molecule has 26 heavy (non-hydrogen) atoms. The predicted molar refractivity (Wildman–Crippen MR) is 103 cm³/mol. The number of nitrogens with one attached hydrogen (secondary N) is 1. The van der Waals surface area contributed by atoms with Crippen LogP contribution in [0, 0.1) is 0 Å². The summed E-state index contributed by atoms with van der Waals surface area (Å²) >= 11 is 7.40. The van der Waals surface area contributed by atoms with Crippen molar-refractivity contribution in [3.05, 3.63) is 50.1 Å². The average molecular weight is 389 g/mol. The largest absolute Gasteiger partial charge is 0.324 e. The Kier molecular flexibility index (Phi) is 4.50. The number of halogens is 1. The number of aromatic nitrogens is 3. The van der Waals surface area contributed by atoms with Crippen LogP contribution in [0.5, 0.6) is 0 Å². The number of carbonyl (C=O) groups excluding carboxylic acids is 1. The van der Waals surface area contributed by atoms with Crippen molar-refractivity contribution >= 4 is 44.7 Å². The first-order chi connectivity index (χ1) is 12.5. The first-order valence-corrected chi connectivity index (χ1v) is 9.70. The topological polar surface area (TPSA) is 76.9 Å². The zero-order valence-corrected chi connectivity index (χ0v) is 15.7. The second kappa shape index (κ2) is 6.81. The standard InChI is InChI=1S/C18H17ClN4O2S/c1-10(16(24)20-12-8-6-11(19)7-9-12)23-18(25)15-13-4-2-3-5-14(13)26-17(15)21-22-23/h6-10H,2-5H2,1H3,(H,20,24)/t10-/m0/s1. The summed E-state index contributed by atoms with van der Waals surface area (Å²) in [7, 11) is 0. The van der Waals surface area contributed by atoms with Crippen molar-refractivity contribution in [1.82, 2.24) is 15.0 Å². The Morgan fingerprint density at radius 2 is 2.00 bits per heavy atom. The Morgan fingerprint density at radius 1 is 1.27 bits per heavy atom. The summed E-state index contributed by atoms with van der Waals surface area (Å²) in [5.41, 5.74) is 1.46. The third-order valence-electron chi connectivity index (χ3n) is 4.66. The van der Waals surface area contributed by atoms with Crippen LogP contribution >= 0.6 is 22.9 Å². The van der Waals surface area contributed by atoms with Crippen LogP contribution in [0.25, 0.3) is 10.2 Å². The molecule has 3 aromatic rings. The first-order valence-electron chi connectivity index (χ1n) is 8.51. The van der Waals surface area contributed by atoms with E-state index in [1.54, 1.807) is 42.5 Å². The molecule has 0 fully saturated rings. The van der Waals surface area contributed by atoms with Gasteiger partial charge in [-0.25, -0.2) is 0 Å². The number of hydrogen-bond acceptors (Lipinski definition) is 5. The molecule has 1 amide bonds. The van der Waals surface area contributed by atoms with Crippen molar-refractivity contribution in [3.63, 3.8) is 0 Å². The Morgan fingerprint density at radius 3 is 2.77 bits per heavy atom. The molecule has 1 N–H and O–H groups in total. The van der Waals surface area contributed by atoms with Crippen LogP contribution in [-0.4, -0.2) is 20.9 Å². The molecule has 2 aromatic heterocycles. The van der Waals surface area contributed by atoms with E-state index in [1.165, 1.54) is 9.56 Å². The highest BCUT2D eigenvalue weighted by Gasteiger charge is 2.24. The van der Waals surface area contributed by atoms with E-state index in [9.17, 15) is 9.59 Å². The maximum Gasteiger partial charge on any atom is 0.279 e. The lowest BCUT2D eigenvalue weighted by molar-refractivity contribution is -0.119. The molecule has 1 aliphatic carbocycles. The van der Waals surface area contributed by atoms with Crippen LogP contribution in [0.4, 0.5) is 5.69 Å². The van der Waals surface area contributed by atoms with Gasteiger partial charge in [-0.15, -0.1) is 16.4 Å². The molecule has 0 aliphatic heterocycles. The highest BCUT2D eigenvalue weighted by Crippen LogP contribution is 2.33. The summed E-state index contributed by atoms with van der Waals surface area (Å²) in [6, 6.07) is 6.03. The maximum atomic E-state index is 13.0. The number of fused-ring (bicyclic) bond motifs is 3. The van der Waals surface area contributed by atoms with E-state index >= 15 is 0 Å². The summed E-state index contributed by atoms with van der Waals surface area (Å²) < 4.78 is 1.18. The molecule has 0 saturated heterocycles. The lowest BCUT2D eigenvalue weighted by Crippen LogP contribution is -2.34. The van der Waals surface area contributed by atoms with Crippen LogP contribution in [0.15, 0.2) is 29.1 Å². The third kappa shape index (κ3) is 3.01. The van der Waals surface area contributed by atoms with Gasteiger partial charge in [0.2, 0.25) is 5.91 Å². The first kappa shape index (κ1) is 17.2. The van der Waals surface area contributed by atoms with Gasteiger partial charge in [-0.3, -0.25) is 9.59 Å². The molecule has 1 aliphatic rings. The predicted octanol–water partition coefficient (Wildman–Crippen LogP) is 3.58. The number of rotatable bonds is 3. The summed E-state index contributed by atoms with van der Waals surface area (Å²) in [6.45, 7) is 1.64. The average Bonchev–Trinajstić information content (AvgIpc) is 3.02. The minimum absolute atomic E-state index is 0.242. The molecule has 0 bridgehead atoms. The normalized spacial score (nSPS) is 14.8. The zero-order valence-electron chi connectivity index (χ0n) is 14.2. The SMILES string of the molecule is C[C@@H](C(=O)Nc1ccc(Cl)cc1)n1nnc2sc3c(c2c1=O)CCCC3. The van der Waals surface area contributed by atoms with Gasteiger partial charge >= 0.3 is 0 Å². The molecule has 1 atom stereocenters. The van der Waals surface area contributed by atoms with Gasteiger partial charge in [0, 0.05) is 15.6 Å². The Balaban J connectivity index is 1.67. The fraction of sp³-hybridized carbons (Fsp3) is 0.333. The number of aryl methyl sites for hydroxylation is 2. The van der Waals surface area contributed by atoms with Crippen LogP contribution in [-0.2, 0) is 17.6 Å². The van der Waals surface area contributed by atoms with Gasteiger partial charge in [0.05, 0.1) is 5.39 Å². The number of amides is 1. The van der Waals surface area contributed by atoms with E-state index in [2.05, 4.69) is 15.6 Å². The molecular formula is C18H17ClN4O2S. The summed E-state index contributed by atoms with van der Waals surface area (Å²) in [5.74, 6) is -0.327. The lowest BCUT2D eigenvalue weighted by atomic mass is 9.97. The van der Waals surface area contributed by atoms with Gasteiger partial charge in [0.25, 0.3) is 5.56 Å². The molecule has 0 unspecified atom stereocenters. The molecule has 0 saturated carbocycles. The monoisotopic (exact) mass is 388 g/mol. The number of hydrogen-bond donors (Lipinski definition) is 1. The molecule has 4 rings (SSSR count). The van der Waals surface area contributed by atoms with E-state index in [1.807, 2.05) is 0 Å². The van der Waals surface area contributed by atoms with Crippen molar-refractivity contribution in [1.29, 1.82) is 0 Å². The van der Waals surface area contributed by atoms with Gasteiger partial charge in [0.1, 0.15) is 6.04 Å². The highest BCUT2D eigenvalue weighted by atomic mass is 35.5. The number of anilines is 1. The van der Waals surface area contributed by atoms with Crippen molar-refractivity contribution in [2.75, 3.05) is 5.32 Å². The molecule has 0 spiro atoms. The number of nitrogens with zero attached hydrogens (tertiary/aromatic N) is 3. The Labute approximate surface area is 158 Å². The number of thiophene rings is 1. The molecule has 2 heterocycles. The Bertz CT molecular complexity index is 1040. The molecule has 1 aromatic carbocycles. The summed E-state index contributed by atoms with van der Waals surface area (Å²) in [5, 5.41) is 12.2. The fourth-order valence-corrected chi connectivity index (χ4v) is 4.55. The van der Waals surface area contributed by atoms with Crippen molar-refractivity contribution < 1.29 is 4.79 Å². The van der Waals surface area contributed by atoms with Crippen LogP contribution in [0.2, 0.25) is 5.02 Å². The summed E-state index contributed by atoms with van der Waals surface area (Å²) in [6.07, 6.45) is 4.10. The van der Waals surface area contributed by atoms with Crippen molar-refractivity contribution in [2.45, 2.75) is 38.6 Å². The van der Waals surface area contributed by atoms with Gasteiger partial charge in [-0.2, -0.15) is 4.68 Å². The molecule has 6 nitrogen and oxygen atoms in total. The van der Waals surface area contributed by atoms with E-state index in [-0.39, 0.29) is 11.5 Å². The zero-order chi connectivity index (χ0) is 18.3. The lowest BCUT2D eigenvalue weighted by Gasteiger charge is -2.14. The van der Waals surface area contributed by atoms with Crippen molar-refractivity contribution in [3.8, 4) is 0 Å². The molecule has 8 heteroatoms. The smallest absolute Gasteiger partial charge is 0.279 e. The minimum atomic E-state index is -0.769. The van der Waals surface area contributed by atoms with E-state index in [0.29, 0.717) is 20.9 Å². The molecule has 134 valence electrons. The van der Waals surface area contributed by atoms with E-state index in [0.717, 1.165) is 31.2 Å².